The van der Waals surface area contributed by atoms with Gasteiger partial charge in [0, 0.05) is 104 Å². The van der Waals surface area contributed by atoms with E-state index in [-0.39, 0.29) is 31.1 Å². The molecule has 59 heavy (non-hydrogen) atoms. The van der Waals surface area contributed by atoms with Gasteiger partial charge < -0.3 is 30.6 Å². The molecule has 4 N–H and O–H groups in total. The molecule has 0 saturated carbocycles. The molecular weight excluding hydrogens is 739 g/mol. The number of rotatable bonds is 12. The molecule has 3 unspecified atom stereocenters. The van der Waals surface area contributed by atoms with E-state index in [4.69, 9.17) is 0 Å². The van der Waals surface area contributed by atoms with Crippen LogP contribution >= 0.6 is 0 Å². The van der Waals surface area contributed by atoms with Gasteiger partial charge in [-0.25, -0.2) is 9.59 Å². The Morgan fingerprint density at radius 2 is 1.19 bits per heavy atom. The molecule has 11 heteroatoms. The molecule has 3 atom stereocenters. The summed E-state index contributed by atoms with van der Waals surface area (Å²) in [6.07, 6.45) is 2.70. The first-order valence-corrected chi connectivity index (χ1v) is 21.7. The number of amides is 4. The lowest BCUT2D eigenvalue weighted by atomic mass is 9.88. The topological polar surface area (TPSA) is 115 Å². The molecule has 0 bridgehead atoms. The molecule has 2 fully saturated rings. The first kappa shape index (κ1) is 41.0. The van der Waals surface area contributed by atoms with E-state index in [1.807, 2.05) is 9.80 Å². The summed E-state index contributed by atoms with van der Waals surface area (Å²) in [6, 6.07) is 34.2. The van der Waals surface area contributed by atoms with E-state index in [1.54, 1.807) is 0 Å². The highest BCUT2D eigenvalue weighted by Gasteiger charge is 2.27. The van der Waals surface area contributed by atoms with E-state index < -0.39 is 12.2 Å². The van der Waals surface area contributed by atoms with Crippen molar-refractivity contribution in [3.8, 4) is 11.1 Å². The number of hydrogen-bond donors (Lipinski definition) is 4. The zero-order valence-electron chi connectivity index (χ0n) is 34.4. The monoisotopic (exact) mass is 799 g/mol. The normalized spacial score (nSPS) is 20.0. The van der Waals surface area contributed by atoms with Crippen LogP contribution in [0.25, 0.3) is 11.1 Å². The van der Waals surface area contributed by atoms with Crippen LogP contribution in [0.3, 0.4) is 0 Å². The van der Waals surface area contributed by atoms with Crippen LogP contribution in [0.1, 0.15) is 52.1 Å². The number of carbonyl (C=O) groups is 2. The lowest BCUT2D eigenvalue weighted by molar-refractivity contribution is 0.0993. The molecule has 2 saturated heterocycles. The number of fused-ring (bicyclic) bond motifs is 2. The summed E-state index contributed by atoms with van der Waals surface area (Å²) >= 11 is 0. The molecule has 4 heterocycles. The first-order valence-electron chi connectivity index (χ1n) is 21.7. The number of carbonyl (C=O) groups excluding carboxylic acids is 2. The zero-order chi connectivity index (χ0) is 40.6. The second kappa shape index (κ2) is 19.5. The van der Waals surface area contributed by atoms with Crippen molar-refractivity contribution in [1.82, 2.24) is 35.1 Å². The maximum atomic E-state index is 13.3. The highest BCUT2D eigenvalue weighted by atomic mass is 16.3. The van der Waals surface area contributed by atoms with Gasteiger partial charge in [0.15, 0.2) is 0 Å². The van der Waals surface area contributed by atoms with Gasteiger partial charge in [0.25, 0.3) is 0 Å². The lowest BCUT2D eigenvalue weighted by Gasteiger charge is -2.35. The lowest BCUT2D eigenvalue weighted by Crippen LogP contribution is -2.53. The summed E-state index contributed by atoms with van der Waals surface area (Å²) in [5, 5.41) is 27.6. The molecule has 312 valence electrons. The van der Waals surface area contributed by atoms with Gasteiger partial charge in [0.05, 0.1) is 12.2 Å². The molecule has 4 aliphatic rings. The number of aliphatic hydroxyl groups is 2. The SMILES string of the molecule is O=C(NCC(O)CN1CCc2ccccc2C1)N1CCN(Cc2ccccc2-c2cccc(C3CCCN(C(=O)NCC(O)CN4CCc5ccccc5C4)C3)c2)CC1. The van der Waals surface area contributed by atoms with Crippen LogP contribution < -0.4 is 10.6 Å². The van der Waals surface area contributed by atoms with Gasteiger partial charge in [-0.3, -0.25) is 14.7 Å². The maximum absolute atomic E-state index is 13.3. The molecule has 4 aromatic rings. The van der Waals surface area contributed by atoms with Gasteiger partial charge >= 0.3 is 12.1 Å². The Morgan fingerprint density at radius 3 is 1.83 bits per heavy atom. The van der Waals surface area contributed by atoms with Crippen molar-refractivity contribution in [3.63, 3.8) is 0 Å². The molecule has 11 nitrogen and oxygen atoms in total. The summed E-state index contributed by atoms with van der Waals surface area (Å²) in [4.78, 5) is 37.1. The van der Waals surface area contributed by atoms with Crippen molar-refractivity contribution in [2.75, 3.05) is 78.5 Å². The van der Waals surface area contributed by atoms with Crippen molar-refractivity contribution >= 4 is 12.1 Å². The maximum Gasteiger partial charge on any atom is 0.317 e. The van der Waals surface area contributed by atoms with Crippen molar-refractivity contribution in [3.05, 3.63) is 130 Å². The Morgan fingerprint density at radius 1 is 0.610 bits per heavy atom. The summed E-state index contributed by atoms with van der Waals surface area (Å²) < 4.78 is 0. The van der Waals surface area contributed by atoms with Gasteiger partial charge in [-0.1, -0.05) is 97.1 Å². The molecule has 4 amide bonds. The molecule has 0 aliphatic carbocycles. The van der Waals surface area contributed by atoms with E-state index in [1.165, 1.54) is 44.5 Å². The molecule has 0 spiro atoms. The number of piperidine rings is 1. The molecule has 4 aliphatic heterocycles. The van der Waals surface area contributed by atoms with Crippen molar-refractivity contribution in [1.29, 1.82) is 0 Å². The summed E-state index contributed by atoms with van der Waals surface area (Å²) in [6.45, 7) is 10.1. The Labute approximate surface area is 349 Å². The smallest absolute Gasteiger partial charge is 0.317 e. The van der Waals surface area contributed by atoms with E-state index in [9.17, 15) is 19.8 Å². The van der Waals surface area contributed by atoms with Crippen LogP contribution in [0.15, 0.2) is 97.1 Å². The Bertz CT molecular complexity index is 2040. The standard InChI is InChI=1S/C48H61N7O4/c56-44(34-52-21-18-36-9-1-3-11-40(36)30-52)28-49-47(58)54-25-23-51(24-26-54)32-43-13-5-6-17-46(43)39-15-7-14-38(27-39)42-16-8-20-55(33-42)48(59)50-29-45(57)35-53-22-19-37-10-2-4-12-41(37)31-53/h1-7,9-15,17,27,42,44-45,56-57H,8,16,18-26,28-35H2,(H,49,58)(H,50,59). The zero-order valence-corrected chi connectivity index (χ0v) is 34.4. The minimum atomic E-state index is -0.621. The fraction of sp³-hybridized carbons (Fsp3) is 0.458. The van der Waals surface area contributed by atoms with Crippen LogP contribution in [0.5, 0.6) is 0 Å². The van der Waals surface area contributed by atoms with Crippen molar-refractivity contribution < 1.29 is 19.8 Å². The van der Waals surface area contributed by atoms with Crippen LogP contribution in [-0.2, 0) is 32.5 Å². The van der Waals surface area contributed by atoms with Crippen LogP contribution in [0, 0.1) is 0 Å². The van der Waals surface area contributed by atoms with Gasteiger partial charge in [0.1, 0.15) is 0 Å². The average Bonchev–Trinajstić information content (AvgIpc) is 3.28. The summed E-state index contributed by atoms with van der Waals surface area (Å²) in [5.74, 6) is 0.238. The van der Waals surface area contributed by atoms with Crippen LogP contribution in [0.4, 0.5) is 9.59 Å². The van der Waals surface area contributed by atoms with Gasteiger partial charge in [0.2, 0.25) is 0 Å². The number of benzene rings is 4. The second-order valence-corrected chi connectivity index (χ2v) is 17.0. The Kier molecular flexibility index (Phi) is 13.6. The quantitative estimate of drug-likeness (QED) is 0.161. The summed E-state index contributed by atoms with van der Waals surface area (Å²) in [5.41, 5.74) is 10.3. The highest BCUT2D eigenvalue weighted by Crippen LogP contribution is 2.32. The van der Waals surface area contributed by atoms with E-state index in [0.29, 0.717) is 32.7 Å². The third-order valence-corrected chi connectivity index (χ3v) is 12.8. The Balaban J connectivity index is 0.786. The van der Waals surface area contributed by atoms with Crippen molar-refractivity contribution in [2.45, 2.75) is 63.4 Å². The fourth-order valence-electron chi connectivity index (χ4n) is 9.46. The molecule has 0 aromatic heterocycles. The minimum Gasteiger partial charge on any atom is -0.390 e. The van der Waals surface area contributed by atoms with Crippen LogP contribution in [0.2, 0.25) is 0 Å². The first-order chi connectivity index (χ1) is 28.8. The van der Waals surface area contributed by atoms with E-state index in [2.05, 4.69) is 122 Å². The number of likely N-dealkylation sites (tertiary alicyclic amines) is 1. The van der Waals surface area contributed by atoms with Gasteiger partial charge in [-0.2, -0.15) is 0 Å². The second-order valence-electron chi connectivity index (χ2n) is 17.0. The number of hydrogen-bond acceptors (Lipinski definition) is 7. The Hall–Kier alpha value is -4.78. The minimum absolute atomic E-state index is 0.103. The van der Waals surface area contributed by atoms with E-state index in [0.717, 1.165) is 78.0 Å². The number of nitrogens with zero attached hydrogens (tertiary/aromatic N) is 5. The van der Waals surface area contributed by atoms with Crippen molar-refractivity contribution in [2.24, 2.45) is 0 Å². The molecular formula is C48H61N7O4. The predicted molar refractivity (Wildman–Crippen MR) is 232 cm³/mol. The molecule has 8 rings (SSSR count). The third kappa shape index (κ3) is 10.7. The van der Waals surface area contributed by atoms with E-state index >= 15 is 0 Å². The number of β-amino-alcohol motifs (C(OH)–C–C–N with tert-alkyl or cyclic N) is 2. The number of aliphatic hydroxyl groups excluding tert-OH is 2. The van der Waals surface area contributed by atoms with Gasteiger partial charge in [-0.05, 0) is 70.2 Å². The number of urea groups is 2. The number of piperazine rings is 1. The largest absolute Gasteiger partial charge is 0.390 e. The fourth-order valence-corrected chi connectivity index (χ4v) is 9.46. The molecule has 4 aromatic carbocycles. The average molecular weight is 800 g/mol. The predicted octanol–water partition coefficient (Wildman–Crippen LogP) is 4.91. The van der Waals surface area contributed by atoms with Gasteiger partial charge in [-0.15, -0.1) is 0 Å². The summed E-state index contributed by atoms with van der Waals surface area (Å²) in [7, 11) is 0. The highest BCUT2D eigenvalue weighted by molar-refractivity contribution is 5.75. The molecule has 0 radical (unpaired) electrons. The third-order valence-electron chi connectivity index (χ3n) is 12.8. The number of nitrogens with one attached hydrogen (secondary N) is 2. The van der Waals surface area contributed by atoms with Crippen LogP contribution in [-0.4, -0.2) is 138 Å².